The highest BCUT2D eigenvalue weighted by molar-refractivity contribution is 8.15. The molecule has 2 aromatic carbocycles. The average molecular weight is 412 g/mol. The van der Waals surface area contributed by atoms with E-state index in [0.717, 1.165) is 11.1 Å². The van der Waals surface area contributed by atoms with Gasteiger partial charge in [-0.3, -0.25) is 4.79 Å². The van der Waals surface area contributed by atoms with Crippen molar-refractivity contribution in [3.8, 4) is 11.5 Å². The molecule has 1 heterocycles. The minimum atomic E-state index is -0.196. The number of hydrogen-bond acceptors (Lipinski definition) is 6. The molecule has 2 aromatic rings. The molecule has 1 amide bonds. The van der Waals surface area contributed by atoms with Crippen LogP contribution in [0.4, 0.5) is 0 Å². The van der Waals surface area contributed by atoms with Crippen molar-refractivity contribution in [2.24, 2.45) is 10.2 Å². The third-order valence-corrected chi connectivity index (χ3v) is 5.26. The van der Waals surface area contributed by atoms with Gasteiger partial charge in [-0.25, -0.2) is 0 Å². The number of methoxy groups -OCH3 is 1. The van der Waals surface area contributed by atoms with E-state index in [1.807, 2.05) is 57.2 Å². The quantitative estimate of drug-likeness (QED) is 0.553. The number of rotatable bonds is 7. The van der Waals surface area contributed by atoms with Gasteiger partial charge in [-0.2, -0.15) is 5.10 Å². The molecule has 0 aliphatic carbocycles. The monoisotopic (exact) mass is 411 g/mol. The van der Waals surface area contributed by atoms with Crippen molar-refractivity contribution < 1.29 is 14.3 Å². The van der Waals surface area contributed by atoms with Gasteiger partial charge in [0.25, 0.3) is 0 Å². The molecule has 1 N–H and O–H groups in total. The largest absolute Gasteiger partial charge is 0.493 e. The van der Waals surface area contributed by atoms with Crippen molar-refractivity contribution >= 4 is 29.1 Å². The third-order valence-electron chi connectivity index (χ3n) is 4.19. The molecule has 1 atom stereocenters. The number of amidine groups is 1. The van der Waals surface area contributed by atoms with Gasteiger partial charge in [-0.1, -0.05) is 41.6 Å². The molecular weight excluding hydrogens is 386 g/mol. The van der Waals surface area contributed by atoms with Gasteiger partial charge in [0.15, 0.2) is 16.7 Å². The summed E-state index contributed by atoms with van der Waals surface area (Å²) in [5.41, 5.74) is 3.15. The Morgan fingerprint density at radius 1 is 1.21 bits per heavy atom. The minimum Gasteiger partial charge on any atom is -0.493 e. The van der Waals surface area contributed by atoms with Crippen LogP contribution in [0.2, 0.25) is 0 Å². The molecular formula is C22H25N3O3S. The highest BCUT2D eigenvalue weighted by Crippen LogP contribution is 2.28. The summed E-state index contributed by atoms with van der Waals surface area (Å²) in [6, 6.07) is 13.7. The van der Waals surface area contributed by atoms with Crippen molar-refractivity contribution in [1.29, 1.82) is 0 Å². The summed E-state index contributed by atoms with van der Waals surface area (Å²) in [4.78, 5) is 12.2. The normalized spacial score (nSPS) is 17.9. The standard InChI is InChI=1S/C22H25N3O3S/c1-14(2)28-18-9-8-17(11-19(18)27-4)13-23-25-22-24-21(26)20(29-22)12-16-7-5-6-15(3)10-16/h5-11,13-14,20H,12H2,1-4H3,(H,24,25,26)/b23-13+. The van der Waals surface area contributed by atoms with Gasteiger partial charge in [0, 0.05) is 0 Å². The fourth-order valence-electron chi connectivity index (χ4n) is 2.90. The highest BCUT2D eigenvalue weighted by atomic mass is 32.2. The van der Waals surface area contributed by atoms with Gasteiger partial charge < -0.3 is 14.8 Å². The minimum absolute atomic E-state index is 0.0395. The van der Waals surface area contributed by atoms with E-state index in [-0.39, 0.29) is 17.3 Å². The molecule has 1 fully saturated rings. The van der Waals surface area contributed by atoms with E-state index >= 15 is 0 Å². The first-order valence-corrected chi connectivity index (χ1v) is 10.3. The molecule has 7 heteroatoms. The van der Waals surface area contributed by atoms with Gasteiger partial charge in [-0.05, 0) is 56.5 Å². The fraction of sp³-hybridized carbons (Fsp3) is 0.318. The predicted octanol–water partition coefficient (Wildman–Crippen LogP) is 3.96. The number of nitrogens with one attached hydrogen (secondary N) is 1. The van der Waals surface area contributed by atoms with E-state index in [4.69, 9.17) is 9.47 Å². The van der Waals surface area contributed by atoms with Crippen LogP contribution in [-0.2, 0) is 11.2 Å². The van der Waals surface area contributed by atoms with E-state index in [1.54, 1.807) is 13.3 Å². The van der Waals surface area contributed by atoms with Crippen LogP contribution in [0, 0.1) is 6.92 Å². The molecule has 0 saturated carbocycles. The van der Waals surface area contributed by atoms with Gasteiger partial charge in [0.05, 0.1) is 24.7 Å². The molecule has 1 aliphatic heterocycles. The molecule has 0 radical (unpaired) electrons. The number of carbonyl (C=O) groups is 1. The molecule has 152 valence electrons. The average Bonchev–Trinajstić information content (AvgIpc) is 3.01. The zero-order valence-corrected chi connectivity index (χ0v) is 17.8. The Balaban J connectivity index is 1.64. The summed E-state index contributed by atoms with van der Waals surface area (Å²) in [6.45, 7) is 5.97. The summed E-state index contributed by atoms with van der Waals surface area (Å²) < 4.78 is 11.1. The summed E-state index contributed by atoms with van der Waals surface area (Å²) >= 11 is 1.40. The summed E-state index contributed by atoms with van der Waals surface area (Å²) in [6.07, 6.45) is 2.34. The lowest BCUT2D eigenvalue weighted by atomic mass is 10.1. The number of thioether (sulfide) groups is 1. The topological polar surface area (TPSA) is 72.3 Å². The SMILES string of the molecule is COc1cc(/C=N/N=C2\NC(=O)C(Cc3cccc(C)c3)S2)ccc1OC(C)C. The molecule has 1 saturated heterocycles. The maximum Gasteiger partial charge on any atom is 0.239 e. The number of nitrogens with zero attached hydrogens (tertiary/aromatic N) is 2. The van der Waals surface area contributed by atoms with Crippen molar-refractivity contribution in [2.75, 3.05) is 7.11 Å². The van der Waals surface area contributed by atoms with E-state index < -0.39 is 0 Å². The Hall–Kier alpha value is -2.80. The van der Waals surface area contributed by atoms with E-state index in [1.165, 1.54) is 17.3 Å². The summed E-state index contributed by atoms with van der Waals surface area (Å²) in [7, 11) is 1.60. The lowest BCUT2D eigenvalue weighted by Gasteiger charge is -2.13. The zero-order valence-electron chi connectivity index (χ0n) is 17.0. The third kappa shape index (κ3) is 5.84. The number of amides is 1. The van der Waals surface area contributed by atoms with Gasteiger partial charge in [-0.15, -0.1) is 5.10 Å². The van der Waals surface area contributed by atoms with Crippen LogP contribution in [0.5, 0.6) is 11.5 Å². The number of benzene rings is 2. The van der Waals surface area contributed by atoms with E-state index in [2.05, 4.69) is 21.6 Å². The van der Waals surface area contributed by atoms with Crippen LogP contribution in [-0.4, -0.2) is 35.8 Å². The smallest absolute Gasteiger partial charge is 0.239 e. The predicted molar refractivity (Wildman–Crippen MR) is 118 cm³/mol. The molecule has 6 nitrogen and oxygen atoms in total. The molecule has 0 aromatic heterocycles. The number of carbonyl (C=O) groups excluding carboxylic acids is 1. The summed E-state index contributed by atoms with van der Waals surface area (Å²) in [5, 5.41) is 11.4. The number of hydrogen-bond donors (Lipinski definition) is 1. The highest BCUT2D eigenvalue weighted by Gasteiger charge is 2.30. The van der Waals surface area contributed by atoms with Crippen molar-refractivity contribution in [3.05, 3.63) is 59.2 Å². The Morgan fingerprint density at radius 3 is 2.76 bits per heavy atom. The molecule has 0 spiro atoms. The van der Waals surface area contributed by atoms with E-state index in [9.17, 15) is 4.79 Å². The maximum atomic E-state index is 12.2. The van der Waals surface area contributed by atoms with E-state index in [0.29, 0.717) is 23.1 Å². The second-order valence-electron chi connectivity index (χ2n) is 7.02. The second kappa shape index (κ2) is 9.60. The molecule has 3 rings (SSSR count). The van der Waals surface area contributed by atoms with Crippen LogP contribution in [0.3, 0.4) is 0 Å². The molecule has 0 bridgehead atoms. The number of aryl methyl sites for hydroxylation is 1. The molecule has 1 unspecified atom stereocenters. The molecule has 1 aliphatic rings. The van der Waals surface area contributed by atoms with Crippen LogP contribution in [0.25, 0.3) is 0 Å². The Morgan fingerprint density at radius 2 is 2.03 bits per heavy atom. The van der Waals surface area contributed by atoms with Crippen molar-refractivity contribution in [1.82, 2.24) is 5.32 Å². The Bertz CT molecular complexity index is 941. The zero-order chi connectivity index (χ0) is 20.8. The summed E-state index contributed by atoms with van der Waals surface area (Å²) in [5.74, 6) is 1.28. The lowest BCUT2D eigenvalue weighted by Crippen LogP contribution is -2.25. The van der Waals surface area contributed by atoms with Crippen LogP contribution in [0.15, 0.2) is 52.7 Å². The first-order valence-electron chi connectivity index (χ1n) is 9.43. The van der Waals surface area contributed by atoms with Crippen LogP contribution >= 0.6 is 11.8 Å². The van der Waals surface area contributed by atoms with Gasteiger partial charge >= 0.3 is 0 Å². The van der Waals surface area contributed by atoms with Gasteiger partial charge in [0.2, 0.25) is 5.91 Å². The van der Waals surface area contributed by atoms with Crippen molar-refractivity contribution in [2.45, 2.75) is 38.5 Å². The second-order valence-corrected chi connectivity index (χ2v) is 8.21. The lowest BCUT2D eigenvalue weighted by molar-refractivity contribution is -0.118. The molecule has 29 heavy (non-hydrogen) atoms. The first kappa shape index (κ1) is 20.9. The first-order chi connectivity index (χ1) is 13.9. The Labute approximate surface area is 175 Å². The van der Waals surface area contributed by atoms with Crippen LogP contribution < -0.4 is 14.8 Å². The number of ether oxygens (including phenoxy) is 2. The fourth-order valence-corrected chi connectivity index (χ4v) is 3.87. The Kier molecular flexibility index (Phi) is 6.93. The maximum absolute atomic E-state index is 12.2. The van der Waals surface area contributed by atoms with Crippen LogP contribution in [0.1, 0.15) is 30.5 Å². The van der Waals surface area contributed by atoms with Gasteiger partial charge in [0.1, 0.15) is 0 Å². The van der Waals surface area contributed by atoms with Crippen molar-refractivity contribution in [3.63, 3.8) is 0 Å².